The van der Waals surface area contributed by atoms with Crippen LogP contribution in [-0.2, 0) is 11.2 Å². The first-order chi connectivity index (χ1) is 12.9. The largest absolute Gasteiger partial charge is 0.481 e. The van der Waals surface area contributed by atoms with Gasteiger partial charge in [0.1, 0.15) is 0 Å². The molecule has 2 aromatic carbocycles. The van der Waals surface area contributed by atoms with Gasteiger partial charge in [-0.05, 0) is 51.9 Å². The maximum atomic E-state index is 12.9. The van der Waals surface area contributed by atoms with Crippen molar-refractivity contribution in [2.45, 2.75) is 6.42 Å². The van der Waals surface area contributed by atoms with E-state index in [1.807, 2.05) is 52.9 Å². The van der Waals surface area contributed by atoms with Crippen LogP contribution in [0.3, 0.4) is 0 Å². The molecular formula is C19H12INO5S. The van der Waals surface area contributed by atoms with Crippen LogP contribution in [-0.4, -0.2) is 21.8 Å². The zero-order valence-electron chi connectivity index (χ0n) is 13.7. The lowest BCUT2D eigenvalue weighted by molar-refractivity contribution is -0.385. The molecule has 1 aromatic heterocycles. The minimum atomic E-state index is -0.992. The molecule has 0 spiro atoms. The van der Waals surface area contributed by atoms with Crippen molar-refractivity contribution in [3.05, 3.63) is 84.3 Å². The third-order valence-electron chi connectivity index (χ3n) is 3.82. The van der Waals surface area contributed by atoms with E-state index in [4.69, 9.17) is 0 Å². The highest BCUT2D eigenvalue weighted by atomic mass is 127. The van der Waals surface area contributed by atoms with E-state index >= 15 is 0 Å². The van der Waals surface area contributed by atoms with E-state index in [1.54, 1.807) is 6.07 Å². The summed E-state index contributed by atoms with van der Waals surface area (Å²) in [6.45, 7) is 0. The number of nitro groups is 1. The maximum Gasteiger partial charge on any atom is 0.307 e. The van der Waals surface area contributed by atoms with Crippen molar-refractivity contribution in [3.8, 4) is 10.4 Å². The number of nitrogens with zero attached hydrogens (tertiary/aromatic N) is 1. The number of hydrogen-bond acceptors (Lipinski definition) is 5. The molecule has 0 saturated carbocycles. The van der Waals surface area contributed by atoms with Crippen LogP contribution in [0.4, 0.5) is 5.69 Å². The lowest BCUT2D eigenvalue weighted by Crippen LogP contribution is -2.02. The summed E-state index contributed by atoms with van der Waals surface area (Å²) in [5, 5.41) is 20.3. The lowest BCUT2D eigenvalue weighted by atomic mass is 10.0. The van der Waals surface area contributed by atoms with Gasteiger partial charge in [0.15, 0.2) is 0 Å². The number of aliphatic carboxylic acids is 1. The molecule has 0 aliphatic heterocycles. The van der Waals surface area contributed by atoms with Gasteiger partial charge in [-0.25, -0.2) is 0 Å². The summed E-state index contributed by atoms with van der Waals surface area (Å²) in [6, 6.07) is 15.1. The van der Waals surface area contributed by atoms with Crippen molar-refractivity contribution >= 4 is 51.4 Å². The fourth-order valence-corrected chi connectivity index (χ4v) is 4.29. The predicted molar refractivity (Wildman–Crippen MR) is 110 cm³/mol. The Kier molecular flexibility index (Phi) is 5.66. The second-order valence-electron chi connectivity index (χ2n) is 5.65. The van der Waals surface area contributed by atoms with E-state index in [9.17, 15) is 24.8 Å². The number of benzene rings is 2. The topological polar surface area (TPSA) is 97.5 Å². The third kappa shape index (κ3) is 4.22. The van der Waals surface area contributed by atoms with Crippen molar-refractivity contribution in [3.63, 3.8) is 0 Å². The second-order valence-corrected chi connectivity index (χ2v) is 7.87. The van der Waals surface area contributed by atoms with Crippen molar-refractivity contribution in [1.29, 1.82) is 0 Å². The minimum Gasteiger partial charge on any atom is -0.481 e. The molecule has 0 saturated heterocycles. The van der Waals surface area contributed by atoms with E-state index in [0.29, 0.717) is 18.9 Å². The number of halogens is 1. The summed E-state index contributed by atoms with van der Waals surface area (Å²) in [4.78, 5) is 35.7. The molecule has 3 aromatic rings. The second kappa shape index (κ2) is 7.97. The standard InChI is InChI=1S/C19H12INO5S/c20-14-7-6-12(8-15(14)21(25)26)18(24)16-9-13(10-17(22)23)19(27-16)11-4-2-1-3-5-11/h1-9H,10H2,(H,22,23). The average Bonchev–Trinajstić information content (AvgIpc) is 3.05. The van der Waals surface area contributed by atoms with E-state index in [-0.39, 0.29) is 23.5 Å². The quantitative estimate of drug-likeness (QED) is 0.231. The predicted octanol–water partition coefficient (Wildman–Crippen LogP) is 4.79. The van der Waals surface area contributed by atoms with Gasteiger partial charge < -0.3 is 5.11 Å². The van der Waals surface area contributed by atoms with Crippen molar-refractivity contribution in [2.24, 2.45) is 0 Å². The number of carboxylic acid groups (broad SMARTS) is 1. The SMILES string of the molecule is O=C(O)Cc1cc(C(=O)c2ccc(I)c([N+](=O)[O-])c2)sc1-c1ccccc1. The van der Waals surface area contributed by atoms with Crippen LogP contribution in [0.25, 0.3) is 10.4 Å². The first-order valence-electron chi connectivity index (χ1n) is 7.75. The monoisotopic (exact) mass is 493 g/mol. The number of nitro benzene ring substituents is 1. The molecule has 6 nitrogen and oxygen atoms in total. The summed E-state index contributed by atoms with van der Waals surface area (Å²) < 4.78 is 0.442. The number of rotatable bonds is 6. The Morgan fingerprint density at radius 2 is 1.81 bits per heavy atom. The van der Waals surface area contributed by atoms with Gasteiger partial charge in [0.05, 0.1) is 19.8 Å². The van der Waals surface area contributed by atoms with E-state index in [2.05, 4.69) is 0 Å². The maximum absolute atomic E-state index is 12.9. The van der Waals surface area contributed by atoms with Gasteiger partial charge in [0.25, 0.3) is 5.69 Å². The number of carbonyl (C=O) groups excluding carboxylic acids is 1. The summed E-state index contributed by atoms with van der Waals surface area (Å²) in [6.07, 6.45) is -0.207. The van der Waals surface area contributed by atoms with Crippen LogP contribution in [0.15, 0.2) is 54.6 Å². The Morgan fingerprint density at radius 3 is 2.44 bits per heavy atom. The van der Waals surface area contributed by atoms with Crippen LogP contribution >= 0.6 is 33.9 Å². The summed E-state index contributed by atoms with van der Waals surface area (Å²) in [5.41, 5.74) is 1.44. The molecule has 0 unspecified atom stereocenters. The Balaban J connectivity index is 2.05. The third-order valence-corrected chi connectivity index (χ3v) is 5.95. The van der Waals surface area contributed by atoms with Gasteiger partial charge in [-0.15, -0.1) is 11.3 Å². The van der Waals surface area contributed by atoms with Crippen molar-refractivity contribution in [2.75, 3.05) is 0 Å². The Hall–Kier alpha value is -2.59. The molecule has 0 amide bonds. The van der Waals surface area contributed by atoms with Gasteiger partial charge in [0, 0.05) is 16.5 Å². The summed E-state index contributed by atoms with van der Waals surface area (Å²) >= 11 is 3.04. The van der Waals surface area contributed by atoms with Crippen molar-refractivity contribution in [1.82, 2.24) is 0 Å². The van der Waals surface area contributed by atoms with Crippen molar-refractivity contribution < 1.29 is 19.6 Å². The molecule has 136 valence electrons. The van der Waals surface area contributed by atoms with E-state index < -0.39 is 10.9 Å². The smallest absolute Gasteiger partial charge is 0.307 e. The zero-order valence-corrected chi connectivity index (χ0v) is 16.7. The van der Waals surface area contributed by atoms with Crippen LogP contribution in [0, 0.1) is 13.7 Å². The lowest BCUT2D eigenvalue weighted by Gasteiger charge is -2.01. The first-order valence-corrected chi connectivity index (χ1v) is 9.65. The first kappa shape index (κ1) is 19.2. The molecule has 0 bridgehead atoms. The van der Waals surface area contributed by atoms with Gasteiger partial charge >= 0.3 is 5.97 Å². The number of thiophene rings is 1. The Morgan fingerprint density at radius 1 is 1.11 bits per heavy atom. The van der Waals surface area contributed by atoms with Gasteiger partial charge in [0.2, 0.25) is 5.78 Å². The molecular weight excluding hydrogens is 481 g/mol. The highest BCUT2D eigenvalue weighted by Crippen LogP contribution is 2.35. The fraction of sp³-hybridized carbons (Fsp3) is 0.0526. The van der Waals surface area contributed by atoms with Gasteiger partial charge in [-0.1, -0.05) is 30.3 Å². The molecule has 27 heavy (non-hydrogen) atoms. The Bertz CT molecular complexity index is 1050. The molecule has 3 rings (SSSR count). The minimum absolute atomic E-state index is 0.132. The van der Waals surface area contributed by atoms with E-state index in [0.717, 1.165) is 5.56 Å². The fourth-order valence-electron chi connectivity index (χ4n) is 2.60. The molecule has 0 aliphatic carbocycles. The number of ketones is 1. The molecule has 1 heterocycles. The number of carboxylic acids is 1. The van der Waals surface area contributed by atoms with Gasteiger partial charge in [-0.3, -0.25) is 19.7 Å². The van der Waals surface area contributed by atoms with Crippen LogP contribution < -0.4 is 0 Å². The highest BCUT2D eigenvalue weighted by Gasteiger charge is 2.21. The van der Waals surface area contributed by atoms with E-state index in [1.165, 1.54) is 29.5 Å². The molecule has 0 atom stereocenters. The van der Waals surface area contributed by atoms with Crippen LogP contribution in [0.2, 0.25) is 0 Å². The normalized spacial score (nSPS) is 10.6. The van der Waals surface area contributed by atoms with Crippen LogP contribution in [0.5, 0.6) is 0 Å². The Labute approximate surface area is 171 Å². The van der Waals surface area contributed by atoms with Crippen LogP contribution in [0.1, 0.15) is 20.8 Å². The summed E-state index contributed by atoms with van der Waals surface area (Å²) in [5.74, 6) is -1.36. The molecule has 8 heteroatoms. The molecule has 0 radical (unpaired) electrons. The molecule has 0 aliphatic rings. The number of hydrogen-bond donors (Lipinski definition) is 1. The molecule has 1 N–H and O–H groups in total. The number of carbonyl (C=O) groups is 2. The average molecular weight is 493 g/mol. The van der Waals surface area contributed by atoms with Gasteiger partial charge in [-0.2, -0.15) is 0 Å². The zero-order chi connectivity index (χ0) is 19.6. The summed E-state index contributed by atoms with van der Waals surface area (Å²) in [7, 11) is 0. The highest BCUT2D eigenvalue weighted by molar-refractivity contribution is 14.1. The molecule has 0 fully saturated rings.